The van der Waals surface area contributed by atoms with Gasteiger partial charge in [0.25, 0.3) is 0 Å². The normalized spacial score (nSPS) is 18.5. The number of carbonyl (C=O) groups excluding carboxylic acids is 2. The predicted molar refractivity (Wildman–Crippen MR) is 97.2 cm³/mol. The molecule has 0 aromatic carbocycles. The number of nitrogens with zero attached hydrogens (tertiary/aromatic N) is 3. The van der Waals surface area contributed by atoms with Crippen LogP contribution >= 0.6 is 0 Å². The Morgan fingerprint density at radius 3 is 2.58 bits per heavy atom. The highest BCUT2D eigenvalue weighted by atomic mass is 16.6. The molecule has 8 nitrogen and oxygen atoms in total. The number of anilines is 2. The van der Waals surface area contributed by atoms with Gasteiger partial charge in [-0.2, -0.15) is 0 Å². The maximum Gasteiger partial charge on any atom is 0.409 e. The Kier molecular flexibility index (Phi) is 6.27. The predicted octanol–water partition coefficient (Wildman–Crippen LogP) is 1.73. The first-order valence-electron chi connectivity index (χ1n) is 9.18. The zero-order chi connectivity index (χ0) is 18.4. The van der Waals surface area contributed by atoms with Crippen LogP contribution in [0.5, 0.6) is 0 Å². The molecule has 0 unspecified atom stereocenters. The van der Waals surface area contributed by atoms with E-state index in [4.69, 9.17) is 9.47 Å². The Morgan fingerprint density at radius 2 is 1.96 bits per heavy atom. The molecular formula is C18H26N4O4. The van der Waals surface area contributed by atoms with Crippen molar-refractivity contribution in [1.29, 1.82) is 0 Å². The SMILES string of the molecule is CCOC(=O)N1CCN(c2ccc(NC(=O)C3CCOCC3)nc2)CC1. The molecule has 2 saturated heterocycles. The average Bonchev–Trinajstić information content (AvgIpc) is 2.69. The van der Waals surface area contributed by atoms with Crippen molar-refractivity contribution in [2.45, 2.75) is 19.8 Å². The lowest BCUT2D eigenvalue weighted by molar-refractivity contribution is -0.122. The van der Waals surface area contributed by atoms with Crippen LogP contribution in [0.4, 0.5) is 16.3 Å². The third-order valence-corrected chi connectivity index (χ3v) is 4.76. The number of ether oxygens (including phenoxy) is 2. The van der Waals surface area contributed by atoms with Gasteiger partial charge in [-0.1, -0.05) is 0 Å². The minimum absolute atomic E-state index is 0.00109. The second-order valence-electron chi connectivity index (χ2n) is 6.45. The second kappa shape index (κ2) is 8.84. The summed E-state index contributed by atoms with van der Waals surface area (Å²) in [5, 5.41) is 2.88. The molecule has 3 rings (SSSR count). The van der Waals surface area contributed by atoms with Gasteiger partial charge < -0.3 is 24.6 Å². The molecule has 0 aliphatic carbocycles. The summed E-state index contributed by atoms with van der Waals surface area (Å²) in [5.74, 6) is 0.577. The summed E-state index contributed by atoms with van der Waals surface area (Å²) < 4.78 is 10.3. The molecule has 0 saturated carbocycles. The highest BCUT2D eigenvalue weighted by molar-refractivity contribution is 5.91. The number of hydrogen-bond donors (Lipinski definition) is 1. The molecular weight excluding hydrogens is 336 g/mol. The number of aromatic nitrogens is 1. The van der Waals surface area contributed by atoms with Crippen LogP contribution in [0.25, 0.3) is 0 Å². The van der Waals surface area contributed by atoms with Gasteiger partial charge in [-0.05, 0) is 31.9 Å². The van der Waals surface area contributed by atoms with Gasteiger partial charge in [0.15, 0.2) is 0 Å². The molecule has 3 heterocycles. The Bertz CT molecular complexity index is 608. The molecule has 1 aromatic heterocycles. The fourth-order valence-corrected chi connectivity index (χ4v) is 3.20. The van der Waals surface area contributed by atoms with Crippen molar-refractivity contribution < 1.29 is 19.1 Å². The van der Waals surface area contributed by atoms with E-state index in [0.29, 0.717) is 38.7 Å². The van der Waals surface area contributed by atoms with Gasteiger partial charge in [-0.25, -0.2) is 9.78 Å². The molecule has 0 spiro atoms. The molecule has 0 radical (unpaired) electrons. The third-order valence-electron chi connectivity index (χ3n) is 4.76. The van der Waals surface area contributed by atoms with Crippen molar-refractivity contribution in [2.24, 2.45) is 5.92 Å². The number of nitrogens with one attached hydrogen (secondary N) is 1. The van der Waals surface area contributed by atoms with Gasteiger partial charge in [0.1, 0.15) is 5.82 Å². The van der Waals surface area contributed by atoms with Gasteiger partial charge in [0.05, 0.1) is 18.5 Å². The molecule has 26 heavy (non-hydrogen) atoms. The first-order chi connectivity index (χ1) is 12.7. The monoisotopic (exact) mass is 362 g/mol. The minimum Gasteiger partial charge on any atom is -0.450 e. The summed E-state index contributed by atoms with van der Waals surface area (Å²) in [6.07, 6.45) is 3.03. The van der Waals surface area contributed by atoms with E-state index in [2.05, 4.69) is 15.2 Å². The maximum absolute atomic E-state index is 12.2. The largest absolute Gasteiger partial charge is 0.450 e. The van der Waals surface area contributed by atoms with Crippen molar-refractivity contribution in [1.82, 2.24) is 9.88 Å². The van der Waals surface area contributed by atoms with Gasteiger partial charge in [-0.3, -0.25) is 4.79 Å². The highest BCUT2D eigenvalue weighted by Gasteiger charge is 2.23. The summed E-state index contributed by atoms with van der Waals surface area (Å²) in [6.45, 7) is 6.20. The van der Waals surface area contributed by atoms with E-state index in [1.165, 1.54) is 0 Å². The number of carbonyl (C=O) groups is 2. The van der Waals surface area contributed by atoms with Crippen LogP contribution in [0.15, 0.2) is 18.3 Å². The summed E-state index contributed by atoms with van der Waals surface area (Å²) in [5.41, 5.74) is 0.984. The molecule has 1 aromatic rings. The second-order valence-corrected chi connectivity index (χ2v) is 6.45. The van der Waals surface area contributed by atoms with Crippen molar-refractivity contribution >= 4 is 23.5 Å². The van der Waals surface area contributed by atoms with E-state index < -0.39 is 0 Å². The molecule has 2 amide bonds. The molecule has 142 valence electrons. The van der Waals surface area contributed by atoms with Crippen molar-refractivity contribution in [3.63, 3.8) is 0 Å². The van der Waals surface area contributed by atoms with Crippen LogP contribution in [0, 0.1) is 5.92 Å². The van der Waals surface area contributed by atoms with Gasteiger partial charge in [0.2, 0.25) is 5.91 Å². The van der Waals surface area contributed by atoms with Crippen LogP contribution in [-0.2, 0) is 14.3 Å². The Balaban J connectivity index is 1.50. The topological polar surface area (TPSA) is 84.0 Å². The van der Waals surface area contributed by atoms with Crippen LogP contribution in [0.2, 0.25) is 0 Å². The quantitative estimate of drug-likeness (QED) is 0.878. The lowest BCUT2D eigenvalue weighted by Gasteiger charge is -2.35. The zero-order valence-corrected chi connectivity index (χ0v) is 15.1. The summed E-state index contributed by atoms with van der Waals surface area (Å²) >= 11 is 0. The Hall–Kier alpha value is -2.35. The van der Waals surface area contributed by atoms with E-state index in [1.807, 2.05) is 19.1 Å². The van der Waals surface area contributed by atoms with Crippen LogP contribution in [0.3, 0.4) is 0 Å². The van der Waals surface area contributed by atoms with Crippen molar-refractivity contribution in [3.05, 3.63) is 18.3 Å². The number of pyridine rings is 1. The first kappa shape index (κ1) is 18.4. The lowest BCUT2D eigenvalue weighted by atomic mass is 9.99. The van der Waals surface area contributed by atoms with E-state index in [-0.39, 0.29) is 17.9 Å². The highest BCUT2D eigenvalue weighted by Crippen LogP contribution is 2.20. The fraction of sp³-hybridized carbons (Fsp3) is 0.611. The molecule has 1 N–H and O–H groups in total. The van der Waals surface area contributed by atoms with E-state index in [9.17, 15) is 9.59 Å². The molecule has 2 aliphatic heterocycles. The number of hydrogen-bond acceptors (Lipinski definition) is 6. The van der Waals surface area contributed by atoms with E-state index in [1.54, 1.807) is 11.1 Å². The van der Waals surface area contributed by atoms with Crippen molar-refractivity contribution in [3.8, 4) is 0 Å². The van der Waals surface area contributed by atoms with Gasteiger partial charge >= 0.3 is 6.09 Å². The van der Waals surface area contributed by atoms with Crippen LogP contribution in [0.1, 0.15) is 19.8 Å². The third kappa shape index (κ3) is 4.63. The molecule has 0 bridgehead atoms. The van der Waals surface area contributed by atoms with E-state index >= 15 is 0 Å². The van der Waals surface area contributed by atoms with Gasteiger partial charge in [0, 0.05) is 45.3 Å². The Labute approximate surface area is 153 Å². The van der Waals surface area contributed by atoms with E-state index in [0.717, 1.165) is 31.6 Å². The van der Waals surface area contributed by atoms with Crippen molar-refractivity contribution in [2.75, 3.05) is 56.2 Å². The molecule has 2 fully saturated rings. The zero-order valence-electron chi connectivity index (χ0n) is 15.1. The molecule has 0 atom stereocenters. The van der Waals surface area contributed by atoms with Crippen LogP contribution in [-0.4, -0.2) is 67.9 Å². The Morgan fingerprint density at radius 1 is 1.23 bits per heavy atom. The van der Waals surface area contributed by atoms with Gasteiger partial charge in [-0.15, -0.1) is 0 Å². The molecule has 8 heteroatoms. The summed E-state index contributed by atoms with van der Waals surface area (Å²) in [4.78, 5) is 32.2. The maximum atomic E-state index is 12.2. The smallest absolute Gasteiger partial charge is 0.409 e. The number of piperazine rings is 1. The van der Waals surface area contributed by atoms with Crippen LogP contribution < -0.4 is 10.2 Å². The number of amides is 2. The summed E-state index contributed by atoms with van der Waals surface area (Å²) in [7, 11) is 0. The molecule has 2 aliphatic rings. The first-order valence-corrected chi connectivity index (χ1v) is 9.18. The minimum atomic E-state index is -0.253. The lowest BCUT2D eigenvalue weighted by Crippen LogP contribution is -2.49. The average molecular weight is 362 g/mol. The summed E-state index contributed by atoms with van der Waals surface area (Å²) in [6, 6.07) is 3.77. The fourth-order valence-electron chi connectivity index (χ4n) is 3.20. The number of rotatable bonds is 4. The standard InChI is InChI=1S/C18H26N4O4/c1-2-26-18(24)22-9-7-21(8-10-22)15-3-4-16(19-13-15)20-17(23)14-5-11-25-12-6-14/h3-4,13-14H,2,5-12H2,1H3,(H,19,20,23).